The number of aryl methyl sites for hydroxylation is 1. The van der Waals surface area contributed by atoms with Gasteiger partial charge in [-0.25, -0.2) is 14.8 Å². The summed E-state index contributed by atoms with van der Waals surface area (Å²) in [4.78, 5) is 23.9. The number of hydrogen-bond donors (Lipinski definition) is 2. The lowest BCUT2D eigenvalue weighted by Gasteiger charge is -2.10. The number of nitrogens with one attached hydrogen (secondary N) is 1. The van der Waals surface area contributed by atoms with E-state index in [1.54, 1.807) is 36.7 Å². The van der Waals surface area contributed by atoms with E-state index < -0.39 is 5.97 Å². The number of carbonyl (C=O) groups is 1. The number of hydrogen-bond acceptors (Lipinski definition) is 5. The van der Waals surface area contributed by atoms with Crippen molar-refractivity contribution in [2.45, 2.75) is 13.3 Å². The van der Waals surface area contributed by atoms with Crippen LogP contribution in [0.15, 0.2) is 54.9 Å². The van der Waals surface area contributed by atoms with Crippen LogP contribution in [0.5, 0.6) is 0 Å². The molecule has 24 heavy (non-hydrogen) atoms. The molecule has 2 heterocycles. The van der Waals surface area contributed by atoms with Crippen LogP contribution < -0.4 is 5.32 Å². The van der Waals surface area contributed by atoms with E-state index in [0.717, 1.165) is 22.8 Å². The number of carboxylic acids is 1. The van der Waals surface area contributed by atoms with Gasteiger partial charge in [0.1, 0.15) is 11.6 Å². The SMILES string of the molecule is CCc1nc(Nc2ccc(C(=O)O)cc2)cc(-c2ccncc2)n1. The molecule has 1 aromatic carbocycles. The lowest BCUT2D eigenvalue weighted by Crippen LogP contribution is -2.02. The minimum absolute atomic E-state index is 0.245. The van der Waals surface area contributed by atoms with Crippen LogP contribution in [0.2, 0.25) is 0 Å². The normalized spacial score (nSPS) is 10.4. The summed E-state index contributed by atoms with van der Waals surface area (Å²) in [6.07, 6.45) is 4.16. The van der Waals surface area contributed by atoms with Crippen molar-refractivity contribution in [3.63, 3.8) is 0 Å². The third-order valence-corrected chi connectivity index (χ3v) is 3.47. The van der Waals surface area contributed by atoms with Crippen LogP contribution in [-0.4, -0.2) is 26.0 Å². The van der Waals surface area contributed by atoms with E-state index in [9.17, 15) is 4.79 Å². The first-order chi connectivity index (χ1) is 11.7. The molecule has 0 aliphatic rings. The van der Waals surface area contributed by atoms with Crippen LogP contribution >= 0.6 is 0 Å². The molecule has 0 atom stereocenters. The van der Waals surface area contributed by atoms with Crippen molar-refractivity contribution >= 4 is 17.5 Å². The molecule has 0 saturated carbocycles. The monoisotopic (exact) mass is 320 g/mol. The lowest BCUT2D eigenvalue weighted by molar-refractivity contribution is 0.0697. The van der Waals surface area contributed by atoms with E-state index in [1.165, 1.54) is 0 Å². The molecular formula is C18H16N4O2. The van der Waals surface area contributed by atoms with Gasteiger partial charge in [-0.1, -0.05) is 6.92 Å². The fraction of sp³-hybridized carbons (Fsp3) is 0.111. The van der Waals surface area contributed by atoms with Gasteiger partial charge >= 0.3 is 5.97 Å². The maximum Gasteiger partial charge on any atom is 0.335 e. The van der Waals surface area contributed by atoms with Crippen molar-refractivity contribution in [2.24, 2.45) is 0 Å². The molecule has 0 radical (unpaired) electrons. The van der Waals surface area contributed by atoms with Crippen molar-refractivity contribution < 1.29 is 9.90 Å². The molecular weight excluding hydrogens is 304 g/mol. The molecule has 0 unspecified atom stereocenters. The topological polar surface area (TPSA) is 88.0 Å². The van der Waals surface area contributed by atoms with Gasteiger partial charge in [0.25, 0.3) is 0 Å². The summed E-state index contributed by atoms with van der Waals surface area (Å²) in [7, 11) is 0. The standard InChI is InChI=1S/C18H16N4O2/c1-2-16-21-15(12-7-9-19-10-8-12)11-17(22-16)20-14-5-3-13(4-6-14)18(23)24/h3-11H,2H2,1H3,(H,23,24)(H,20,21,22). The Morgan fingerprint density at radius 3 is 2.42 bits per heavy atom. The number of pyridine rings is 1. The largest absolute Gasteiger partial charge is 0.478 e. The van der Waals surface area contributed by atoms with Crippen molar-refractivity contribution in [1.29, 1.82) is 0 Å². The molecule has 2 aromatic heterocycles. The summed E-state index contributed by atoms with van der Waals surface area (Å²) >= 11 is 0. The van der Waals surface area contributed by atoms with Crippen LogP contribution in [0, 0.1) is 0 Å². The fourth-order valence-corrected chi connectivity index (χ4v) is 2.23. The second-order valence-electron chi connectivity index (χ2n) is 5.15. The smallest absolute Gasteiger partial charge is 0.335 e. The second-order valence-corrected chi connectivity index (χ2v) is 5.15. The summed E-state index contributed by atoms with van der Waals surface area (Å²) in [6.45, 7) is 2.00. The molecule has 3 aromatic rings. The van der Waals surface area contributed by atoms with E-state index in [-0.39, 0.29) is 5.56 Å². The summed E-state index contributed by atoms with van der Waals surface area (Å²) in [5.41, 5.74) is 2.79. The Morgan fingerprint density at radius 2 is 1.79 bits per heavy atom. The highest BCUT2D eigenvalue weighted by Gasteiger charge is 2.07. The van der Waals surface area contributed by atoms with Gasteiger partial charge in [0, 0.05) is 36.1 Å². The quantitative estimate of drug-likeness (QED) is 0.747. The first-order valence-corrected chi connectivity index (χ1v) is 7.54. The van der Waals surface area contributed by atoms with Gasteiger partial charge in [-0.15, -0.1) is 0 Å². The van der Waals surface area contributed by atoms with E-state index in [1.807, 2.05) is 25.1 Å². The van der Waals surface area contributed by atoms with E-state index in [4.69, 9.17) is 5.11 Å². The van der Waals surface area contributed by atoms with E-state index in [0.29, 0.717) is 12.2 Å². The molecule has 0 aliphatic heterocycles. The molecule has 120 valence electrons. The second kappa shape index (κ2) is 6.87. The highest BCUT2D eigenvalue weighted by atomic mass is 16.4. The third-order valence-electron chi connectivity index (χ3n) is 3.47. The minimum Gasteiger partial charge on any atom is -0.478 e. The molecule has 2 N–H and O–H groups in total. The summed E-state index contributed by atoms with van der Waals surface area (Å²) in [6, 6.07) is 12.2. The van der Waals surface area contributed by atoms with E-state index >= 15 is 0 Å². The molecule has 3 rings (SSSR count). The van der Waals surface area contributed by atoms with Crippen LogP contribution in [0.3, 0.4) is 0 Å². The zero-order chi connectivity index (χ0) is 16.9. The van der Waals surface area contributed by atoms with Gasteiger partial charge < -0.3 is 10.4 Å². The van der Waals surface area contributed by atoms with Gasteiger partial charge in [0.05, 0.1) is 11.3 Å². The molecule has 6 nitrogen and oxygen atoms in total. The van der Waals surface area contributed by atoms with Gasteiger partial charge in [0.15, 0.2) is 0 Å². The molecule has 0 amide bonds. The Labute approximate surface area is 139 Å². The lowest BCUT2D eigenvalue weighted by atomic mass is 10.2. The molecule has 0 fully saturated rings. The van der Waals surface area contributed by atoms with Crippen molar-refractivity contribution in [3.8, 4) is 11.3 Å². The Bertz CT molecular complexity index is 849. The zero-order valence-electron chi connectivity index (χ0n) is 13.1. The first-order valence-electron chi connectivity index (χ1n) is 7.54. The molecule has 0 saturated heterocycles. The summed E-state index contributed by atoms with van der Waals surface area (Å²) < 4.78 is 0. The van der Waals surface area contributed by atoms with Crippen molar-refractivity contribution in [3.05, 3.63) is 66.2 Å². The fourth-order valence-electron chi connectivity index (χ4n) is 2.23. The molecule has 0 spiro atoms. The minimum atomic E-state index is -0.947. The Morgan fingerprint density at radius 1 is 1.08 bits per heavy atom. The van der Waals surface area contributed by atoms with Crippen LogP contribution in [0.4, 0.5) is 11.5 Å². The first kappa shape index (κ1) is 15.6. The van der Waals surface area contributed by atoms with Gasteiger partial charge in [0.2, 0.25) is 0 Å². The van der Waals surface area contributed by atoms with Gasteiger partial charge in [-0.2, -0.15) is 0 Å². The maximum atomic E-state index is 10.9. The summed E-state index contributed by atoms with van der Waals surface area (Å²) in [5, 5.41) is 12.1. The predicted molar refractivity (Wildman–Crippen MR) is 91.3 cm³/mol. The highest BCUT2D eigenvalue weighted by Crippen LogP contribution is 2.22. The molecule has 0 bridgehead atoms. The number of carboxylic acid groups (broad SMARTS) is 1. The Hall–Kier alpha value is -3.28. The van der Waals surface area contributed by atoms with Gasteiger partial charge in [-0.05, 0) is 36.4 Å². The zero-order valence-corrected chi connectivity index (χ0v) is 13.1. The average molecular weight is 320 g/mol. The van der Waals surface area contributed by atoms with Crippen molar-refractivity contribution in [1.82, 2.24) is 15.0 Å². The van der Waals surface area contributed by atoms with Crippen molar-refractivity contribution in [2.75, 3.05) is 5.32 Å². The third kappa shape index (κ3) is 3.55. The van der Waals surface area contributed by atoms with Crippen LogP contribution in [0.1, 0.15) is 23.1 Å². The Kier molecular flexibility index (Phi) is 4.47. The number of aromatic carboxylic acids is 1. The number of benzene rings is 1. The van der Waals surface area contributed by atoms with E-state index in [2.05, 4.69) is 20.3 Å². The number of aromatic nitrogens is 3. The maximum absolute atomic E-state index is 10.9. The predicted octanol–water partition coefficient (Wildman–Crippen LogP) is 3.54. The Balaban J connectivity index is 1.91. The van der Waals surface area contributed by atoms with Gasteiger partial charge in [-0.3, -0.25) is 4.98 Å². The highest BCUT2D eigenvalue weighted by molar-refractivity contribution is 5.88. The molecule has 6 heteroatoms. The number of anilines is 2. The summed E-state index contributed by atoms with van der Waals surface area (Å²) in [5.74, 6) is 0.447. The average Bonchev–Trinajstić information content (AvgIpc) is 2.62. The number of rotatable bonds is 5. The van der Waals surface area contributed by atoms with Crippen LogP contribution in [-0.2, 0) is 6.42 Å². The van der Waals surface area contributed by atoms with Crippen LogP contribution in [0.25, 0.3) is 11.3 Å². The number of nitrogens with zero attached hydrogens (tertiary/aromatic N) is 3. The molecule has 0 aliphatic carbocycles.